The molecule has 0 spiro atoms. The number of ether oxygens (including phenoxy) is 1. The van der Waals surface area contributed by atoms with E-state index in [4.69, 9.17) is 4.74 Å². The minimum Gasteiger partial charge on any atom is -0.444 e. The highest BCUT2D eigenvalue weighted by molar-refractivity contribution is 7.80. The second-order valence-electron chi connectivity index (χ2n) is 7.08. The number of carbonyl (C=O) groups excluding carboxylic acids is 2. The number of nitrogens with zero attached hydrogens (tertiary/aromatic N) is 1. The first kappa shape index (κ1) is 18.6. The zero-order valence-corrected chi connectivity index (χ0v) is 15.4. The van der Waals surface area contributed by atoms with Gasteiger partial charge >= 0.3 is 6.09 Å². The molecule has 0 radical (unpaired) electrons. The molecule has 1 heterocycles. The lowest BCUT2D eigenvalue weighted by atomic mass is 10.0. The standard InChI is InChI=1S/C18H26N2O3S/c1-18(2,3)23-17(22)20-11-5-4-6-14(20)12-19-16(21)13-7-9-15(24)10-8-13/h7-10,14,24H,4-6,11-12H2,1-3H3,(H,19,21). The van der Waals surface area contributed by atoms with E-state index in [2.05, 4.69) is 17.9 Å². The molecule has 0 aliphatic carbocycles. The van der Waals surface area contributed by atoms with Crippen LogP contribution in [0.5, 0.6) is 0 Å². The molecule has 1 aromatic carbocycles. The molecular formula is C18H26N2O3S. The maximum Gasteiger partial charge on any atom is 0.410 e. The molecule has 1 aliphatic heterocycles. The molecule has 1 aliphatic rings. The second kappa shape index (κ2) is 7.92. The molecule has 1 aromatic rings. The minimum atomic E-state index is -0.517. The number of benzene rings is 1. The third-order valence-electron chi connectivity index (χ3n) is 3.88. The van der Waals surface area contributed by atoms with Gasteiger partial charge in [0, 0.05) is 23.5 Å². The van der Waals surface area contributed by atoms with E-state index in [0.29, 0.717) is 18.7 Å². The normalized spacial score (nSPS) is 18.2. The zero-order valence-electron chi connectivity index (χ0n) is 14.5. The first-order valence-corrected chi connectivity index (χ1v) is 8.78. The van der Waals surface area contributed by atoms with E-state index in [1.807, 2.05) is 20.8 Å². The number of thiol groups is 1. The lowest BCUT2D eigenvalue weighted by Gasteiger charge is -2.36. The van der Waals surface area contributed by atoms with Crippen molar-refractivity contribution in [2.24, 2.45) is 0 Å². The van der Waals surface area contributed by atoms with Crippen molar-refractivity contribution in [3.05, 3.63) is 29.8 Å². The molecule has 1 atom stereocenters. The highest BCUT2D eigenvalue weighted by atomic mass is 32.1. The number of piperidine rings is 1. The van der Waals surface area contributed by atoms with Crippen molar-refractivity contribution in [1.29, 1.82) is 0 Å². The van der Waals surface area contributed by atoms with E-state index in [1.165, 1.54) is 0 Å². The molecule has 2 amide bonds. The summed E-state index contributed by atoms with van der Waals surface area (Å²) in [5, 5.41) is 2.92. The summed E-state index contributed by atoms with van der Waals surface area (Å²) >= 11 is 4.21. The second-order valence-corrected chi connectivity index (χ2v) is 7.60. The third-order valence-corrected chi connectivity index (χ3v) is 4.18. The summed E-state index contributed by atoms with van der Waals surface area (Å²) in [5.74, 6) is -0.141. The Hall–Kier alpha value is -1.69. The highest BCUT2D eigenvalue weighted by Crippen LogP contribution is 2.20. The molecule has 0 saturated carbocycles. The number of nitrogens with one attached hydrogen (secondary N) is 1. The summed E-state index contributed by atoms with van der Waals surface area (Å²) in [4.78, 5) is 27.1. The zero-order chi connectivity index (χ0) is 17.7. The first-order valence-electron chi connectivity index (χ1n) is 8.33. The molecule has 24 heavy (non-hydrogen) atoms. The molecule has 132 valence electrons. The van der Waals surface area contributed by atoms with Crippen molar-refractivity contribution in [3.63, 3.8) is 0 Å². The number of hydrogen-bond donors (Lipinski definition) is 2. The van der Waals surface area contributed by atoms with Crippen LogP contribution in [0.1, 0.15) is 50.4 Å². The Balaban J connectivity index is 1.94. The summed E-state index contributed by atoms with van der Waals surface area (Å²) in [6, 6.07) is 7.02. The average molecular weight is 350 g/mol. The maximum atomic E-state index is 12.4. The van der Waals surface area contributed by atoms with Gasteiger partial charge in [-0.3, -0.25) is 4.79 Å². The molecule has 1 N–H and O–H groups in total. The van der Waals surface area contributed by atoms with Crippen molar-refractivity contribution in [2.75, 3.05) is 13.1 Å². The van der Waals surface area contributed by atoms with Crippen molar-refractivity contribution in [2.45, 2.75) is 56.6 Å². The van der Waals surface area contributed by atoms with Crippen LogP contribution in [-0.4, -0.2) is 41.6 Å². The smallest absolute Gasteiger partial charge is 0.410 e. The number of rotatable bonds is 3. The molecule has 1 saturated heterocycles. The van der Waals surface area contributed by atoms with Crippen LogP contribution < -0.4 is 5.32 Å². The molecule has 0 aromatic heterocycles. The van der Waals surface area contributed by atoms with Gasteiger partial charge in [-0.1, -0.05) is 0 Å². The van der Waals surface area contributed by atoms with Crippen LogP contribution >= 0.6 is 12.6 Å². The minimum absolute atomic E-state index is 0.0262. The predicted molar refractivity (Wildman–Crippen MR) is 96.6 cm³/mol. The van der Waals surface area contributed by atoms with Crippen LogP contribution in [-0.2, 0) is 4.74 Å². The van der Waals surface area contributed by atoms with Crippen LogP contribution in [0.15, 0.2) is 29.2 Å². The molecule has 0 bridgehead atoms. The Bertz CT molecular complexity index is 581. The quantitative estimate of drug-likeness (QED) is 0.821. The van der Waals surface area contributed by atoms with Crippen molar-refractivity contribution >= 4 is 24.6 Å². The lowest BCUT2D eigenvalue weighted by Crippen LogP contribution is -2.50. The Morgan fingerprint density at radius 2 is 1.92 bits per heavy atom. The Kier molecular flexibility index (Phi) is 6.15. The van der Waals surface area contributed by atoms with Gasteiger partial charge in [0.05, 0.1) is 6.04 Å². The number of amides is 2. The van der Waals surface area contributed by atoms with Gasteiger partial charge in [-0.15, -0.1) is 12.6 Å². The van der Waals surface area contributed by atoms with Crippen molar-refractivity contribution in [1.82, 2.24) is 10.2 Å². The maximum absolute atomic E-state index is 12.4. The topological polar surface area (TPSA) is 58.6 Å². The fourth-order valence-corrected chi connectivity index (χ4v) is 2.85. The summed E-state index contributed by atoms with van der Waals surface area (Å²) in [5.41, 5.74) is 0.0733. The molecular weight excluding hydrogens is 324 g/mol. The van der Waals surface area contributed by atoms with Gasteiger partial charge in [-0.25, -0.2) is 4.79 Å². The van der Waals surface area contributed by atoms with E-state index in [0.717, 1.165) is 24.2 Å². The number of carbonyl (C=O) groups is 2. The highest BCUT2D eigenvalue weighted by Gasteiger charge is 2.30. The summed E-state index contributed by atoms with van der Waals surface area (Å²) in [6.07, 6.45) is 2.58. The molecule has 5 nitrogen and oxygen atoms in total. The SMILES string of the molecule is CC(C)(C)OC(=O)N1CCCCC1CNC(=O)c1ccc(S)cc1. The van der Waals surface area contributed by atoms with Crippen LogP contribution in [0.2, 0.25) is 0 Å². The summed E-state index contributed by atoms with van der Waals surface area (Å²) in [7, 11) is 0. The van der Waals surface area contributed by atoms with E-state index in [-0.39, 0.29) is 18.0 Å². The van der Waals surface area contributed by atoms with Gasteiger partial charge < -0.3 is 15.0 Å². The first-order chi connectivity index (χ1) is 11.3. The molecule has 6 heteroatoms. The van der Waals surface area contributed by atoms with E-state index < -0.39 is 5.60 Å². The van der Waals surface area contributed by atoms with Crippen molar-refractivity contribution < 1.29 is 14.3 Å². The van der Waals surface area contributed by atoms with Crippen LogP contribution in [0.3, 0.4) is 0 Å². The van der Waals surface area contributed by atoms with Crippen LogP contribution in [0, 0.1) is 0 Å². The van der Waals surface area contributed by atoms with Gasteiger partial charge in [0.2, 0.25) is 0 Å². The molecule has 2 rings (SSSR count). The molecule has 1 fully saturated rings. The van der Waals surface area contributed by atoms with E-state index in [1.54, 1.807) is 29.2 Å². The van der Waals surface area contributed by atoms with E-state index >= 15 is 0 Å². The van der Waals surface area contributed by atoms with Crippen LogP contribution in [0.25, 0.3) is 0 Å². The fraction of sp³-hybridized carbons (Fsp3) is 0.556. The Labute approximate surface area is 149 Å². The number of likely N-dealkylation sites (tertiary alicyclic amines) is 1. The predicted octanol–water partition coefficient (Wildman–Crippen LogP) is 3.49. The fourth-order valence-electron chi connectivity index (χ4n) is 2.70. The monoisotopic (exact) mass is 350 g/mol. The molecule has 1 unspecified atom stereocenters. The van der Waals surface area contributed by atoms with Crippen LogP contribution in [0.4, 0.5) is 4.79 Å². The van der Waals surface area contributed by atoms with Gasteiger partial charge in [0.1, 0.15) is 5.60 Å². The Morgan fingerprint density at radius 3 is 2.54 bits per heavy atom. The summed E-state index contributed by atoms with van der Waals surface area (Å²) in [6.45, 7) is 6.68. The van der Waals surface area contributed by atoms with Gasteiger partial charge in [-0.05, 0) is 64.3 Å². The van der Waals surface area contributed by atoms with Crippen molar-refractivity contribution in [3.8, 4) is 0 Å². The largest absolute Gasteiger partial charge is 0.444 e. The lowest BCUT2D eigenvalue weighted by molar-refractivity contribution is 0.00986. The van der Waals surface area contributed by atoms with E-state index in [9.17, 15) is 9.59 Å². The third kappa shape index (κ3) is 5.44. The summed E-state index contributed by atoms with van der Waals surface area (Å²) < 4.78 is 5.48. The average Bonchev–Trinajstić information content (AvgIpc) is 2.52. The van der Waals surface area contributed by atoms with Gasteiger partial charge in [0.25, 0.3) is 5.91 Å². The van der Waals surface area contributed by atoms with Gasteiger partial charge in [-0.2, -0.15) is 0 Å². The number of hydrogen-bond acceptors (Lipinski definition) is 4. The van der Waals surface area contributed by atoms with Gasteiger partial charge in [0.15, 0.2) is 0 Å². The Morgan fingerprint density at radius 1 is 1.25 bits per heavy atom.